The summed E-state index contributed by atoms with van der Waals surface area (Å²) in [5, 5.41) is 3.44. The molecular formula is C14H21Br2NO. The van der Waals surface area contributed by atoms with Crippen molar-refractivity contribution in [1.29, 1.82) is 0 Å². The maximum atomic E-state index is 5.88. The molecule has 0 aliphatic heterocycles. The van der Waals surface area contributed by atoms with Gasteiger partial charge in [0.05, 0.1) is 11.1 Å². The highest BCUT2D eigenvalue weighted by Gasteiger charge is 2.18. The van der Waals surface area contributed by atoms with E-state index in [1.165, 1.54) is 0 Å². The summed E-state index contributed by atoms with van der Waals surface area (Å²) in [5.74, 6) is 0.891. The average molecular weight is 379 g/mol. The van der Waals surface area contributed by atoms with Crippen LogP contribution in [0.3, 0.4) is 0 Å². The Kier molecular flexibility index (Phi) is 6.67. The van der Waals surface area contributed by atoms with Gasteiger partial charge in [-0.2, -0.15) is 0 Å². The molecule has 0 bridgehead atoms. The highest BCUT2D eigenvalue weighted by Crippen LogP contribution is 2.29. The van der Waals surface area contributed by atoms with Gasteiger partial charge in [-0.3, -0.25) is 0 Å². The van der Waals surface area contributed by atoms with Crippen molar-refractivity contribution < 1.29 is 4.74 Å². The van der Waals surface area contributed by atoms with Crippen LogP contribution in [0.25, 0.3) is 0 Å². The van der Waals surface area contributed by atoms with Crippen LogP contribution in [-0.2, 0) is 0 Å². The molecule has 0 aromatic heterocycles. The first kappa shape index (κ1) is 16.0. The standard InChI is InChI=1S/C14H21Br2NO/c1-4-7-17-9-14(2,3)10-18-13-6-5-11(15)8-12(13)16/h5-6,8,17H,4,7,9-10H2,1-3H3. The van der Waals surface area contributed by atoms with E-state index in [9.17, 15) is 0 Å². The molecule has 1 aromatic carbocycles. The van der Waals surface area contributed by atoms with E-state index in [1.54, 1.807) is 0 Å². The predicted octanol–water partition coefficient (Wildman–Crippen LogP) is 4.62. The van der Waals surface area contributed by atoms with Crippen LogP contribution in [0.4, 0.5) is 0 Å². The second-order valence-corrected chi connectivity index (χ2v) is 6.97. The quantitative estimate of drug-likeness (QED) is 0.699. The smallest absolute Gasteiger partial charge is 0.133 e. The van der Waals surface area contributed by atoms with Gasteiger partial charge in [-0.1, -0.05) is 36.7 Å². The van der Waals surface area contributed by atoms with Gasteiger partial charge in [0.2, 0.25) is 0 Å². The Balaban J connectivity index is 2.48. The minimum absolute atomic E-state index is 0.127. The Morgan fingerprint density at radius 3 is 2.61 bits per heavy atom. The largest absolute Gasteiger partial charge is 0.492 e. The van der Waals surface area contributed by atoms with Crippen molar-refractivity contribution >= 4 is 31.9 Å². The van der Waals surface area contributed by atoms with Crippen LogP contribution in [0.1, 0.15) is 27.2 Å². The van der Waals surface area contributed by atoms with Gasteiger partial charge in [-0.25, -0.2) is 0 Å². The van der Waals surface area contributed by atoms with Crippen molar-refractivity contribution in [3.63, 3.8) is 0 Å². The van der Waals surface area contributed by atoms with Crippen LogP contribution in [-0.4, -0.2) is 19.7 Å². The molecule has 0 heterocycles. The molecule has 0 aliphatic carbocycles. The van der Waals surface area contributed by atoms with E-state index in [0.717, 1.165) is 34.2 Å². The topological polar surface area (TPSA) is 21.3 Å². The van der Waals surface area contributed by atoms with E-state index >= 15 is 0 Å². The minimum Gasteiger partial charge on any atom is -0.492 e. The number of rotatable bonds is 7. The summed E-state index contributed by atoms with van der Waals surface area (Å²) in [6.45, 7) is 9.32. The van der Waals surface area contributed by atoms with Gasteiger partial charge in [-0.15, -0.1) is 0 Å². The normalized spacial score (nSPS) is 11.6. The monoisotopic (exact) mass is 377 g/mol. The molecule has 2 nitrogen and oxygen atoms in total. The Labute approximate surface area is 127 Å². The number of ether oxygens (including phenoxy) is 1. The first-order chi connectivity index (χ1) is 8.44. The van der Waals surface area contributed by atoms with Crippen molar-refractivity contribution in [3.05, 3.63) is 27.1 Å². The number of hydrogen-bond donors (Lipinski definition) is 1. The van der Waals surface area contributed by atoms with Crippen LogP contribution in [0.15, 0.2) is 27.1 Å². The van der Waals surface area contributed by atoms with Gasteiger partial charge in [0.1, 0.15) is 5.75 Å². The summed E-state index contributed by atoms with van der Waals surface area (Å²) in [4.78, 5) is 0. The average Bonchev–Trinajstić information content (AvgIpc) is 2.28. The van der Waals surface area contributed by atoms with Crippen LogP contribution < -0.4 is 10.1 Å². The van der Waals surface area contributed by atoms with Crippen LogP contribution in [0.2, 0.25) is 0 Å². The molecule has 0 aliphatic rings. The molecule has 0 atom stereocenters. The summed E-state index contributed by atoms with van der Waals surface area (Å²) >= 11 is 6.94. The fraction of sp³-hybridized carbons (Fsp3) is 0.571. The molecule has 0 unspecified atom stereocenters. The molecule has 1 rings (SSSR count). The molecule has 4 heteroatoms. The highest BCUT2D eigenvalue weighted by atomic mass is 79.9. The van der Waals surface area contributed by atoms with Gasteiger partial charge in [0.15, 0.2) is 0 Å². The molecule has 0 spiro atoms. The number of benzene rings is 1. The van der Waals surface area contributed by atoms with Gasteiger partial charge in [0, 0.05) is 16.4 Å². The molecule has 0 amide bonds. The third-order valence-corrected chi connectivity index (χ3v) is 3.66. The molecule has 1 N–H and O–H groups in total. The van der Waals surface area contributed by atoms with Gasteiger partial charge >= 0.3 is 0 Å². The summed E-state index contributed by atoms with van der Waals surface area (Å²) in [6.07, 6.45) is 1.16. The molecule has 18 heavy (non-hydrogen) atoms. The first-order valence-electron chi connectivity index (χ1n) is 6.23. The van der Waals surface area contributed by atoms with Gasteiger partial charge in [0.25, 0.3) is 0 Å². The zero-order valence-electron chi connectivity index (χ0n) is 11.2. The molecule has 102 valence electrons. The summed E-state index contributed by atoms with van der Waals surface area (Å²) in [7, 11) is 0. The van der Waals surface area contributed by atoms with Gasteiger partial charge < -0.3 is 10.1 Å². The second-order valence-electron chi connectivity index (χ2n) is 5.20. The predicted molar refractivity (Wildman–Crippen MR) is 84.3 cm³/mol. The lowest BCUT2D eigenvalue weighted by Gasteiger charge is -2.25. The molecule has 1 aromatic rings. The fourth-order valence-corrected chi connectivity index (χ4v) is 2.68. The van der Waals surface area contributed by atoms with E-state index in [0.29, 0.717) is 6.61 Å². The van der Waals surface area contributed by atoms with Crippen molar-refractivity contribution in [2.45, 2.75) is 27.2 Å². The number of nitrogens with one attached hydrogen (secondary N) is 1. The van der Waals surface area contributed by atoms with Crippen LogP contribution >= 0.6 is 31.9 Å². The molecule has 0 fully saturated rings. The molecular weight excluding hydrogens is 358 g/mol. The summed E-state index contributed by atoms with van der Waals surface area (Å²) in [5.41, 5.74) is 0.127. The van der Waals surface area contributed by atoms with Crippen molar-refractivity contribution in [1.82, 2.24) is 5.32 Å². The molecule has 0 saturated heterocycles. The third kappa shape index (κ3) is 5.72. The van der Waals surface area contributed by atoms with E-state index in [2.05, 4.69) is 57.9 Å². The fourth-order valence-electron chi connectivity index (χ4n) is 1.52. The van der Waals surface area contributed by atoms with Crippen LogP contribution in [0, 0.1) is 5.41 Å². The zero-order valence-corrected chi connectivity index (χ0v) is 14.4. The number of halogens is 2. The lowest BCUT2D eigenvalue weighted by molar-refractivity contribution is 0.175. The Hall–Kier alpha value is -0.0600. The van der Waals surface area contributed by atoms with E-state index < -0.39 is 0 Å². The van der Waals surface area contributed by atoms with Crippen molar-refractivity contribution in [2.75, 3.05) is 19.7 Å². The lowest BCUT2D eigenvalue weighted by Crippen LogP contribution is -2.34. The number of hydrogen-bond acceptors (Lipinski definition) is 2. The lowest BCUT2D eigenvalue weighted by atomic mass is 9.95. The SMILES string of the molecule is CCCNCC(C)(C)COc1ccc(Br)cc1Br. The first-order valence-corrected chi connectivity index (χ1v) is 7.82. The maximum absolute atomic E-state index is 5.88. The molecule has 0 radical (unpaired) electrons. The van der Waals surface area contributed by atoms with Crippen LogP contribution in [0.5, 0.6) is 5.75 Å². The van der Waals surface area contributed by atoms with Gasteiger partial charge in [-0.05, 0) is 47.1 Å². The molecule has 0 saturated carbocycles. The Morgan fingerprint density at radius 2 is 2.00 bits per heavy atom. The minimum atomic E-state index is 0.127. The van der Waals surface area contributed by atoms with E-state index in [4.69, 9.17) is 4.74 Å². The zero-order chi connectivity index (χ0) is 13.6. The Morgan fingerprint density at radius 1 is 1.28 bits per heavy atom. The Bertz CT molecular complexity index is 380. The second kappa shape index (κ2) is 7.51. The van der Waals surface area contributed by atoms with E-state index in [-0.39, 0.29) is 5.41 Å². The highest BCUT2D eigenvalue weighted by molar-refractivity contribution is 9.11. The third-order valence-electron chi connectivity index (χ3n) is 2.54. The van der Waals surface area contributed by atoms with Crippen molar-refractivity contribution in [3.8, 4) is 5.75 Å². The maximum Gasteiger partial charge on any atom is 0.133 e. The van der Waals surface area contributed by atoms with Crippen molar-refractivity contribution in [2.24, 2.45) is 5.41 Å². The van der Waals surface area contributed by atoms with E-state index in [1.807, 2.05) is 18.2 Å². The summed E-state index contributed by atoms with van der Waals surface area (Å²) in [6, 6.07) is 5.96. The summed E-state index contributed by atoms with van der Waals surface area (Å²) < 4.78 is 7.91.